The van der Waals surface area contributed by atoms with Crippen LogP contribution in [0.4, 0.5) is 0 Å². The highest BCUT2D eigenvalue weighted by molar-refractivity contribution is 5.48. The zero-order valence-electron chi connectivity index (χ0n) is 11.7. The van der Waals surface area contributed by atoms with E-state index in [9.17, 15) is 4.79 Å². The van der Waals surface area contributed by atoms with Crippen molar-refractivity contribution in [3.8, 4) is 0 Å². The van der Waals surface area contributed by atoms with Crippen LogP contribution >= 0.6 is 0 Å². The van der Waals surface area contributed by atoms with E-state index in [2.05, 4.69) is 35.3 Å². The monoisotopic (exact) mass is 267 g/mol. The van der Waals surface area contributed by atoms with Crippen LogP contribution in [0.5, 0.6) is 0 Å². The van der Waals surface area contributed by atoms with Crippen molar-refractivity contribution in [1.82, 2.24) is 4.98 Å². The molecule has 1 atom stereocenters. The first-order valence-corrected chi connectivity index (χ1v) is 7.30. The summed E-state index contributed by atoms with van der Waals surface area (Å²) in [6, 6.07) is 14.7. The number of hydrogen-bond donors (Lipinski definition) is 0. The number of nitrogens with zero attached hydrogens (tertiary/aromatic N) is 1. The van der Waals surface area contributed by atoms with Crippen LogP contribution < -0.4 is 0 Å². The molecule has 0 aliphatic carbocycles. The summed E-state index contributed by atoms with van der Waals surface area (Å²) in [4.78, 5) is 14.6. The molecule has 1 unspecified atom stereocenters. The maximum atomic E-state index is 10.3. The van der Waals surface area contributed by atoms with E-state index in [1.165, 1.54) is 11.1 Å². The molecule has 20 heavy (non-hydrogen) atoms. The van der Waals surface area contributed by atoms with Gasteiger partial charge in [-0.25, -0.2) is 0 Å². The van der Waals surface area contributed by atoms with E-state index in [1.807, 2.05) is 24.5 Å². The number of benzene rings is 1. The van der Waals surface area contributed by atoms with E-state index in [0.29, 0.717) is 12.3 Å². The highest BCUT2D eigenvalue weighted by Gasteiger charge is 2.13. The first-order valence-electron chi connectivity index (χ1n) is 7.30. The highest BCUT2D eigenvalue weighted by Crippen LogP contribution is 2.29. The number of rotatable bonds is 8. The zero-order chi connectivity index (χ0) is 14.0. The summed E-state index contributed by atoms with van der Waals surface area (Å²) >= 11 is 0. The van der Waals surface area contributed by atoms with Crippen LogP contribution in [0.2, 0.25) is 0 Å². The Balaban J connectivity index is 2.03. The van der Waals surface area contributed by atoms with Gasteiger partial charge in [-0.15, -0.1) is 0 Å². The summed E-state index contributed by atoms with van der Waals surface area (Å²) < 4.78 is 0. The van der Waals surface area contributed by atoms with Crippen LogP contribution in [0.3, 0.4) is 0 Å². The molecule has 2 aromatic rings. The third-order valence-corrected chi connectivity index (χ3v) is 3.60. The van der Waals surface area contributed by atoms with E-state index < -0.39 is 0 Å². The first-order chi connectivity index (χ1) is 9.92. The molecule has 1 aromatic carbocycles. The Hall–Kier alpha value is -1.96. The van der Waals surface area contributed by atoms with E-state index in [0.717, 1.165) is 32.0 Å². The smallest absolute Gasteiger partial charge is 0.119 e. The first kappa shape index (κ1) is 14.4. The number of carbonyl (C=O) groups is 1. The molecular formula is C18H21NO. The Bertz CT molecular complexity index is 456. The summed E-state index contributed by atoms with van der Waals surface area (Å²) in [5, 5.41) is 0. The fraction of sp³-hybridized carbons (Fsp3) is 0.333. The quantitative estimate of drug-likeness (QED) is 0.525. The molecule has 0 N–H and O–H groups in total. The molecule has 2 rings (SSSR count). The van der Waals surface area contributed by atoms with E-state index >= 15 is 0 Å². The largest absolute Gasteiger partial charge is 0.303 e. The Labute approximate surface area is 120 Å². The van der Waals surface area contributed by atoms with Crippen molar-refractivity contribution in [3.05, 3.63) is 66.0 Å². The molecule has 0 amide bonds. The number of aromatic nitrogens is 1. The number of hydrogen-bond acceptors (Lipinski definition) is 2. The fourth-order valence-electron chi connectivity index (χ4n) is 2.55. The average molecular weight is 267 g/mol. The van der Waals surface area contributed by atoms with Gasteiger partial charge in [-0.3, -0.25) is 4.98 Å². The van der Waals surface area contributed by atoms with E-state index in [4.69, 9.17) is 0 Å². The van der Waals surface area contributed by atoms with Crippen molar-refractivity contribution in [2.24, 2.45) is 0 Å². The Morgan fingerprint density at radius 3 is 2.45 bits per heavy atom. The van der Waals surface area contributed by atoms with Gasteiger partial charge in [0.1, 0.15) is 6.29 Å². The topological polar surface area (TPSA) is 30.0 Å². The Kier molecular flexibility index (Phi) is 5.97. The zero-order valence-corrected chi connectivity index (χ0v) is 11.7. The summed E-state index contributed by atoms with van der Waals surface area (Å²) in [6.07, 6.45) is 9.83. The van der Waals surface area contributed by atoms with Crippen molar-refractivity contribution < 1.29 is 4.79 Å². The molecule has 0 fully saturated rings. The molecule has 1 aromatic heterocycles. The lowest BCUT2D eigenvalue weighted by molar-refractivity contribution is -0.107. The second-order valence-corrected chi connectivity index (χ2v) is 5.05. The number of carbonyl (C=O) groups excluding carboxylic acids is 1. The third kappa shape index (κ3) is 4.30. The lowest BCUT2D eigenvalue weighted by Gasteiger charge is -2.17. The minimum atomic E-state index is 0.404. The second-order valence-electron chi connectivity index (χ2n) is 5.05. The Morgan fingerprint density at radius 1 is 0.950 bits per heavy atom. The normalized spacial score (nSPS) is 12.0. The van der Waals surface area contributed by atoms with Crippen molar-refractivity contribution in [3.63, 3.8) is 0 Å². The molecule has 2 heteroatoms. The number of unbranched alkanes of at least 4 members (excludes halogenated alkanes) is 3. The van der Waals surface area contributed by atoms with Crippen LogP contribution in [0, 0.1) is 0 Å². The minimum absolute atomic E-state index is 0.404. The molecule has 1 heterocycles. The van der Waals surface area contributed by atoms with Gasteiger partial charge < -0.3 is 4.79 Å². The van der Waals surface area contributed by atoms with Crippen LogP contribution in [-0.4, -0.2) is 11.3 Å². The molecule has 0 saturated heterocycles. The second kappa shape index (κ2) is 8.26. The highest BCUT2D eigenvalue weighted by atomic mass is 16.1. The van der Waals surface area contributed by atoms with Gasteiger partial charge in [0.05, 0.1) is 0 Å². The van der Waals surface area contributed by atoms with Crippen LogP contribution in [-0.2, 0) is 4.79 Å². The van der Waals surface area contributed by atoms with Crippen molar-refractivity contribution in [2.45, 2.75) is 38.0 Å². The van der Waals surface area contributed by atoms with Crippen LogP contribution in [0.1, 0.15) is 49.1 Å². The molecule has 0 radical (unpaired) electrons. The van der Waals surface area contributed by atoms with Gasteiger partial charge in [0.25, 0.3) is 0 Å². The van der Waals surface area contributed by atoms with Crippen LogP contribution in [0.15, 0.2) is 54.9 Å². The van der Waals surface area contributed by atoms with Gasteiger partial charge in [0.2, 0.25) is 0 Å². The summed E-state index contributed by atoms with van der Waals surface area (Å²) in [6.45, 7) is 0. The van der Waals surface area contributed by atoms with Gasteiger partial charge in [-0.2, -0.15) is 0 Å². The summed E-state index contributed by atoms with van der Waals surface area (Å²) in [5.74, 6) is 0.404. The van der Waals surface area contributed by atoms with Crippen molar-refractivity contribution in [2.75, 3.05) is 0 Å². The van der Waals surface area contributed by atoms with E-state index in [-0.39, 0.29) is 0 Å². The standard InChI is InChI=1S/C18H21NO/c20-14-7-2-1-6-12-18(16-9-4-3-5-10-16)17-11-8-13-19-15-17/h3-5,8-11,13-15,18H,1-2,6-7,12H2. The lowest BCUT2D eigenvalue weighted by atomic mass is 9.87. The van der Waals surface area contributed by atoms with Gasteiger partial charge in [-0.1, -0.05) is 49.2 Å². The minimum Gasteiger partial charge on any atom is -0.303 e. The predicted octanol–water partition coefficient (Wildman–Crippen LogP) is 4.36. The molecule has 0 spiro atoms. The van der Waals surface area contributed by atoms with E-state index in [1.54, 1.807) is 0 Å². The predicted molar refractivity (Wildman–Crippen MR) is 81.7 cm³/mol. The lowest BCUT2D eigenvalue weighted by Crippen LogP contribution is -2.01. The molecular weight excluding hydrogens is 246 g/mol. The molecule has 104 valence electrons. The number of pyridine rings is 1. The summed E-state index contributed by atoms with van der Waals surface area (Å²) in [7, 11) is 0. The van der Waals surface area contributed by atoms with Gasteiger partial charge in [0.15, 0.2) is 0 Å². The fourth-order valence-corrected chi connectivity index (χ4v) is 2.55. The summed E-state index contributed by atoms with van der Waals surface area (Å²) in [5.41, 5.74) is 2.62. The Morgan fingerprint density at radius 2 is 1.75 bits per heavy atom. The molecule has 0 aliphatic heterocycles. The molecule has 0 saturated carbocycles. The van der Waals surface area contributed by atoms with Gasteiger partial charge >= 0.3 is 0 Å². The maximum absolute atomic E-state index is 10.3. The van der Waals surface area contributed by atoms with Crippen molar-refractivity contribution in [1.29, 1.82) is 0 Å². The average Bonchev–Trinajstić information content (AvgIpc) is 2.53. The molecule has 0 aliphatic rings. The third-order valence-electron chi connectivity index (χ3n) is 3.60. The SMILES string of the molecule is O=CCCCCCC(c1ccccc1)c1cccnc1. The molecule has 2 nitrogen and oxygen atoms in total. The number of aldehydes is 1. The van der Waals surface area contributed by atoms with Crippen molar-refractivity contribution >= 4 is 6.29 Å². The van der Waals surface area contributed by atoms with Gasteiger partial charge in [0, 0.05) is 24.7 Å². The maximum Gasteiger partial charge on any atom is 0.119 e. The van der Waals surface area contributed by atoms with Crippen LogP contribution in [0.25, 0.3) is 0 Å². The van der Waals surface area contributed by atoms with Gasteiger partial charge in [-0.05, 0) is 30.0 Å². The molecule has 0 bridgehead atoms.